The van der Waals surface area contributed by atoms with Crippen LogP contribution in [0.5, 0.6) is 0 Å². The van der Waals surface area contributed by atoms with E-state index in [1.165, 1.54) is 16.4 Å². The van der Waals surface area contributed by atoms with Crippen molar-refractivity contribution in [2.75, 3.05) is 14.1 Å². The van der Waals surface area contributed by atoms with Crippen molar-refractivity contribution in [3.05, 3.63) is 29.6 Å². The van der Waals surface area contributed by atoms with Gasteiger partial charge in [0, 0.05) is 19.6 Å². The lowest BCUT2D eigenvalue weighted by Crippen LogP contribution is -2.38. The van der Waals surface area contributed by atoms with E-state index >= 15 is 0 Å². The predicted molar refractivity (Wildman–Crippen MR) is 81.0 cm³/mol. The van der Waals surface area contributed by atoms with Gasteiger partial charge in [0.2, 0.25) is 10.0 Å². The summed E-state index contributed by atoms with van der Waals surface area (Å²) in [7, 11) is -0.309. The van der Waals surface area contributed by atoms with Gasteiger partial charge >= 0.3 is 0 Å². The van der Waals surface area contributed by atoms with E-state index in [0.29, 0.717) is 12.1 Å². The Morgan fingerprint density at radius 2 is 1.95 bits per heavy atom. The van der Waals surface area contributed by atoms with Crippen molar-refractivity contribution in [3.8, 4) is 0 Å². The van der Waals surface area contributed by atoms with Crippen LogP contribution < -0.4 is 5.32 Å². The molecule has 1 aliphatic rings. The quantitative estimate of drug-likeness (QED) is 0.908. The van der Waals surface area contributed by atoms with E-state index in [2.05, 4.69) is 5.32 Å². The summed E-state index contributed by atoms with van der Waals surface area (Å²) in [5.41, 5.74) is 0.599. The molecule has 0 unspecified atom stereocenters. The van der Waals surface area contributed by atoms with Crippen LogP contribution in [0.15, 0.2) is 23.1 Å². The van der Waals surface area contributed by atoms with E-state index in [-0.39, 0.29) is 10.9 Å². The third-order valence-corrected chi connectivity index (χ3v) is 6.13. The molecule has 6 heteroatoms. The number of hydrogen-bond donors (Lipinski definition) is 1. The van der Waals surface area contributed by atoms with Crippen LogP contribution in [0.25, 0.3) is 0 Å². The maximum absolute atomic E-state index is 13.5. The molecule has 4 nitrogen and oxygen atoms in total. The lowest BCUT2D eigenvalue weighted by atomic mass is 9.96. The highest BCUT2D eigenvalue weighted by atomic mass is 32.2. The minimum atomic E-state index is -3.66. The van der Waals surface area contributed by atoms with Crippen molar-refractivity contribution in [2.24, 2.45) is 0 Å². The van der Waals surface area contributed by atoms with Crippen LogP contribution in [0, 0.1) is 5.82 Å². The zero-order chi connectivity index (χ0) is 15.5. The molecule has 21 heavy (non-hydrogen) atoms. The Kier molecular flexibility index (Phi) is 5.35. The van der Waals surface area contributed by atoms with Gasteiger partial charge in [0.25, 0.3) is 0 Å². The molecule has 0 aromatic heterocycles. The average Bonchev–Trinajstić information content (AvgIpc) is 2.49. The van der Waals surface area contributed by atoms with Gasteiger partial charge in [-0.25, -0.2) is 12.8 Å². The van der Waals surface area contributed by atoms with Crippen LogP contribution in [-0.4, -0.2) is 32.9 Å². The SMILES string of the molecule is CNCc1ccc(F)cc1S(=O)(=O)N(C)C1CCCCC1. The lowest BCUT2D eigenvalue weighted by molar-refractivity contribution is 0.285. The van der Waals surface area contributed by atoms with Crippen molar-refractivity contribution in [3.63, 3.8) is 0 Å². The summed E-state index contributed by atoms with van der Waals surface area (Å²) < 4.78 is 40.6. The fourth-order valence-electron chi connectivity index (χ4n) is 2.90. The molecule has 0 aliphatic heterocycles. The average molecular weight is 314 g/mol. The topological polar surface area (TPSA) is 49.4 Å². The van der Waals surface area contributed by atoms with Gasteiger partial charge in [0.1, 0.15) is 5.82 Å². The van der Waals surface area contributed by atoms with Crippen LogP contribution >= 0.6 is 0 Å². The van der Waals surface area contributed by atoms with Crippen LogP contribution in [0.3, 0.4) is 0 Å². The minimum absolute atomic E-state index is 0.0226. The second kappa shape index (κ2) is 6.85. The molecule has 0 radical (unpaired) electrons. The molecule has 0 heterocycles. The molecule has 1 aromatic rings. The highest BCUT2D eigenvalue weighted by Gasteiger charge is 2.30. The zero-order valence-electron chi connectivity index (χ0n) is 12.6. The number of rotatable bonds is 5. The van der Waals surface area contributed by atoms with E-state index in [1.807, 2.05) is 0 Å². The van der Waals surface area contributed by atoms with Gasteiger partial charge in [-0.3, -0.25) is 0 Å². The van der Waals surface area contributed by atoms with Crippen molar-refractivity contribution in [2.45, 2.75) is 49.6 Å². The molecule has 0 spiro atoms. The van der Waals surface area contributed by atoms with Crippen molar-refractivity contribution in [1.82, 2.24) is 9.62 Å². The molecule has 1 saturated carbocycles. The third-order valence-electron chi connectivity index (χ3n) is 4.14. The first kappa shape index (κ1) is 16.4. The Hall–Kier alpha value is -0.980. The summed E-state index contributed by atoms with van der Waals surface area (Å²) in [5.74, 6) is -0.523. The maximum atomic E-state index is 13.5. The van der Waals surface area contributed by atoms with Gasteiger partial charge in [0.05, 0.1) is 4.90 Å². The number of sulfonamides is 1. The van der Waals surface area contributed by atoms with E-state index in [9.17, 15) is 12.8 Å². The first-order valence-electron chi connectivity index (χ1n) is 7.38. The van der Waals surface area contributed by atoms with Gasteiger partial charge in [0.15, 0.2) is 0 Å². The first-order chi connectivity index (χ1) is 9.96. The molecule has 0 bridgehead atoms. The largest absolute Gasteiger partial charge is 0.316 e. The standard InChI is InChI=1S/C15H23FN2O2S/c1-17-11-12-8-9-13(16)10-15(12)21(19,20)18(2)14-6-4-3-5-7-14/h8-10,14,17H,3-7,11H2,1-2H3. The first-order valence-corrected chi connectivity index (χ1v) is 8.82. The third kappa shape index (κ3) is 3.62. The molecule has 0 saturated heterocycles. The van der Waals surface area contributed by atoms with Crippen LogP contribution in [0.4, 0.5) is 4.39 Å². The summed E-state index contributed by atoms with van der Waals surface area (Å²) in [5, 5.41) is 2.93. The Labute approximate surface area is 126 Å². The number of hydrogen-bond acceptors (Lipinski definition) is 3. The second-order valence-corrected chi connectivity index (χ2v) is 7.56. The summed E-state index contributed by atoms with van der Waals surface area (Å²) in [4.78, 5) is 0.0740. The van der Waals surface area contributed by atoms with Crippen molar-refractivity contribution in [1.29, 1.82) is 0 Å². The van der Waals surface area contributed by atoms with Gasteiger partial charge in [-0.05, 0) is 37.6 Å². The number of nitrogens with one attached hydrogen (secondary N) is 1. The Bertz CT molecular complexity index is 583. The molecule has 1 fully saturated rings. The van der Waals surface area contributed by atoms with Crippen LogP contribution in [-0.2, 0) is 16.6 Å². The molecule has 1 aliphatic carbocycles. The summed E-state index contributed by atoms with van der Waals surface area (Å²) in [6.45, 7) is 0.396. The summed E-state index contributed by atoms with van der Waals surface area (Å²) in [6.07, 6.45) is 5.03. The molecule has 0 amide bonds. The predicted octanol–water partition coefficient (Wildman–Crippen LogP) is 2.50. The Morgan fingerprint density at radius 1 is 1.29 bits per heavy atom. The monoisotopic (exact) mass is 314 g/mol. The molecule has 1 N–H and O–H groups in total. The Morgan fingerprint density at radius 3 is 2.57 bits per heavy atom. The smallest absolute Gasteiger partial charge is 0.243 e. The molecular formula is C15H23FN2O2S. The maximum Gasteiger partial charge on any atom is 0.243 e. The zero-order valence-corrected chi connectivity index (χ0v) is 13.4. The molecule has 1 aromatic carbocycles. The molecule has 118 valence electrons. The molecule has 0 atom stereocenters. The fraction of sp³-hybridized carbons (Fsp3) is 0.600. The highest BCUT2D eigenvalue weighted by Crippen LogP contribution is 2.28. The van der Waals surface area contributed by atoms with Crippen LogP contribution in [0.2, 0.25) is 0 Å². The van der Waals surface area contributed by atoms with Gasteiger partial charge < -0.3 is 5.32 Å². The normalized spacial score (nSPS) is 17.3. The fourth-order valence-corrected chi connectivity index (χ4v) is 4.55. The Balaban J connectivity index is 2.35. The second-order valence-electron chi connectivity index (χ2n) is 5.60. The molecule has 2 rings (SSSR count). The van der Waals surface area contributed by atoms with Gasteiger partial charge in [-0.1, -0.05) is 25.3 Å². The summed E-state index contributed by atoms with van der Waals surface area (Å²) >= 11 is 0. The molecular weight excluding hydrogens is 291 g/mol. The minimum Gasteiger partial charge on any atom is -0.316 e. The van der Waals surface area contributed by atoms with Crippen LogP contribution in [0.1, 0.15) is 37.7 Å². The van der Waals surface area contributed by atoms with Crippen molar-refractivity contribution < 1.29 is 12.8 Å². The number of benzene rings is 1. The van der Waals surface area contributed by atoms with Crippen molar-refractivity contribution >= 4 is 10.0 Å². The number of halogens is 1. The summed E-state index contributed by atoms with van der Waals surface area (Å²) in [6, 6.07) is 3.98. The van der Waals surface area contributed by atoms with E-state index < -0.39 is 15.8 Å². The number of nitrogens with zero attached hydrogens (tertiary/aromatic N) is 1. The highest BCUT2D eigenvalue weighted by molar-refractivity contribution is 7.89. The van der Waals surface area contributed by atoms with Gasteiger partial charge in [-0.15, -0.1) is 0 Å². The van der Waals surface area contributed by atoms with Gasteiger partial charge in [-0.2, -0.15) is 4.31 Å². The van der Waals surface area contributed by atoms with E-state index in [1.54, 1.807) is 14.1 Å². The van der Waals surface area contributed by atoms with E-state index in [0.717, 1.165) is 38.2 Å². The lowest BCUT2D eigenvalue weighted by Gasteiger charge is -2.31. The van der Waals surface area contributed by atoms with E-state index in [4.69, 9.17) is 0 Å².